The second kappa shape index (κ2) is 9.97. The molecule has 2 N–H and O–H groups in total. The standard InChI is InChI=1S/C22H16Cl2N2O5/c1-30-19-9-13(7-8-18(19)31-22(29)14-5-3-2-4-6-14)12-25-26-21(28)15-10-16(23)20(27)17(24)11-15/h2-12,27H,1H3,(H,26,28)/b25-12+. The van der Waals surface area contributed by atoms with Gasteiger partial charge in [-0.2, -0.15) is 5.10 Å². The van der Waals surface area contributed by atoms with E-state index in [9.17, 15) is 14.7 Å². The fourth-order valence-electron chi connectivity index (χ4n) is 2.51. The number of aromatic hydroxyl groups is 1. The average molecular weight is 459 g/mol. The van der Waals surface area contributed by atoms with Gasteiger partial charge in [-0.05, 0) is 48.0 Å². The lowest BCUT2D eigenvalue weighted by molar-refractivity contribution is 0.0729. The lowest BCUT2D eigenvalue weighted by atomic mass is 10.2. The molecule has 0 aliphatic carbocycles. The van der Waals surface area contributed by atoms with Gasteiger partial charge in [0, 0.05) is 5.56 Å². The van der Waals surface area contributed by atoms with Crippen LogP contribution < -0.4 is 14.9 Å². The largest absolute Gasteiger partial charge is 0.505 e. The molecule has 9 heteroatoms. The van der Waals surface area contributed by atoms with Crippen LogP contribution in [-0.4, -0.2) is 30.3 Å². The molecule has 0 spiro atoms. The van der Waals surface area contributed by atoms with Crippen LogP contribution in [0.15, 0.2) is 65.8 Å². The van der Waals surface area contributed by atoms with Crippen LogP contribution in [-0.2, 0) is 0 Å². The maximum atomic E-state index is 12.2. The summed E-state index contributed by atoms with van der Waals surface area (Å²) < 4.78 is 10.7. The molecule has 0 fully saturated rings. The number of nitrogens with zero attached hydrogens (tertiary/aromatic N) is 1. The third-order valence-electron chi connectivity index (χ3n) is 4.06. The highest BCUT2D eigenvalue weighted by Crippen LogP contribution is 2.32. The normalized spacial score (nSPS) is 10.7. The van der Waals surface area contributed by atoms with Crippen LogP contribution in [0.2, 0.25) is 10.0 Å². The topological polar surface area (TPSA) is 97.2 Å². The predicted molar refractivity (Wildman–Crippen MR) is 118 cm³/mol. The fraction of sp³-hybridized carbons (Fsp3) is 0.0455. The zero-order valence-corrected chi connectivity index (χ0v) is 17.6. The summed E-state index contributed by atoms with van der Waals surface area (Å²) in [5.74, 6) is -0.828. The van der Waals surface area contributed by atoms with Crippen molar-refractivity contribution in [2.45, 2.75) is 0 Å². The molecular weight excluding hydrogens is 443 g/mol. The Kier molecular flexibility index (Phi) is 7.12. The SMILES string of the molecule is COc1cc(/C=N/NC(=O)c2cc(Cl)c(O)c(Cl)c2)ccc1OC(=O)c1ccccc1. The van der Waals surface area contributed by atoms with Crippen molar-refractivity contribution in [3.8, 4) is 17.2 Å². The van der Waals surface area contributed by atoms with Crippen molar-refractivity contribution in [3.05, 3.63) is 87.4 Å². The quantitative estimate of drug-likeness (QED) is 0.241. The number of carbonyl (C=O) groups is 2. The molecule has 0 aliphatic rings. The minimum absolute atomic E-state index is 0.0491. The summed E-state index contributed by atoms with van der Waals surface area (Å²) in [5, 5.41) is 13.3. The number of methoxy groups -OCH3 is 1. The van der Waals surface area contributed by atoms with Gasteiger partial charge >= 0.3 is 5.97 Å². The van der Waals surface area contributed by atoms with E-state index in [-0.39, 0.29) is 27.1 Å². The van der Waals surface area contributed by atoms with Crippen molar-refractivity contribution < 1.29 is 24.2 Å². The Morgan fingerprint density at radius 1 is 0.968 bits per heavy atom. The van der Waals surface area contributed by atoms with E-state index in [1.165, 1.54) is 25.5 Å². The van der Waals surface area contributed by atoms with Crippen molar-refractivity contribution >= 4 is 41.3 Å². The first kappa shape index (κ1) is 22.1. The van der Waals surface area contributed by atoms with E-state index in [1.807, 2.05) is 0 Å². The third kappa shape index (κ3) is 5.53. The Morgan fingerprint density at radius 3 is 2.29 bits per heavy atom. The summed E-state index contributed by atoms with van der Waals surface area (Å²) in [6.45, 7) is 0. The average Bonchev–Trinajstić information content (AvgIpc) is 2.78. The van der Waals surface area contributed by atoms with Crippen LogP contribution >= 0.6 is 23.2 Å². The van der Waals surface area contributed by atoms with Gasteiger partial charge in [0.15, 0.2) is 17.2 Å². The number of benzene rings is 3. The molecule has 158 valence electrons. The molecule has 1 amide bonds. The number of ether oxygens (including phenoxy) is 2. The first-order valence-electron chi connectivity index (χ1n) is 8.85. The van der Waals surface area contributed by atoms with Gasteiger partial charge in [0.2, 0.25) is 0 Å². The summed E-state index contributed by atoms with van der Waals surface area (Å²) in [6.07, 6.45) is 1.38. The lowest BCUT2D eigenvalue weighted by Crippen LogP contribution is -2.17. The molecule has 0 heterocycles. The molecule has 0 saturated heterocycles. The number of amides is 1. The Bertz CT molecular complexity index is 1130. The second-order valence-corrected chi connectivity index (χ2v) is 6.97. The molecule has 0 aromatic heterocycles. The number of nitrogens with one attached hydrogen (secondary N) is 1. The van der Waals surface area contributed by atoms with E-state index in [0.717, 1.165) is 0 Å². The molecule has 0 unspecified atom stereocenters. The van der Waals surface area contributed by atoms with Gasteiger partial charge in [-0.15, -0.1) is 0 Å². The minimum Gasteiger partial charge on any atom is -0.505 e. The Labute approximate surface area is 187 Å². The molecule has 0 aliphatic heterocycles. The highest BCUT2D eigenvalue weighted by atomic mass is 35.5. The number of rotatable bonds is 6. The molecule has 31 heavy (non-hydrogen) atoms. The first-order valence-corrected chi connectivity index (χ1v) is 9.61. The van der Waals surface area contributed by atoms with Gasteiger partial charge < -0.3 is 14.6 Å². The number of phenolic OH excluding ortho intramolecular Hbond substituents is 1. The number of hydrazone groups is 1. The van der Waals surface area contributed by atoms with Crippen LogP contribution in [0.1, 0.15) is 26.3 Å². The first-order chi connectivity index (χ1) is 14.9. The van der Waals surface area contributed by atoms with Crippen molar-refractivity contribution in [1.29, 1.82) is 0 Å². The number of phenols is 1. The highest BCUT2D eigenvalue weighted by molar-refractivity contribution is 6.37. The molecule has 3 aromatic rings. The van der Waals surface area contributed by atoms with Crippen molar-refractivity contribution in [2.75, 3.05) is 7.11 Å². The van der Waals surface area contributed by atoms with E-state index in [2.05, 4.69) is 10.5 Å². The van der Waals surface area contributed by atoms with E-state index in [1.54, 1.807) is 48.5 Å². The number of carbonyl (C=O) groups excluding carboxylic acids is 2. The van der Waals surface area contributed by atoms with Gasteiger partial charge in [0.05, 0.1) is 28.9 Å². The maximum absolute atomic E-state index is 12.2. The van der Waals surface area contributed by atoms with E-state index in [4.69, 9.17) is 32.7 Å². The van der Waals surface area contributed by atoms with Gasteiger partial charge in [-0.1, -0.05) is 41.4 Å². The maximum Gasteiger partial charge on any atom is 0.343 e. The Hall–Kier alpha value is -3.55. The smallest absolute Gasteiger partial charge is 0.343 e. The van der Waals surface area contributed by atoms with E-state index >= 15 is 0 Å². The van der Waals surface area contributed by atoms with Crippen LogP contribution in [0.25, 0.3) is 0 Å². The minimum atomic E-state index is -0.569. The number of halogens is 2. The lowest BCUT2D eigenvalue weighted by Gasteiger charge is -2.10. The number of esters is 1. The molecule has 0 radical (unpaired) electrons. The molecule has 7 nitrogen and oxygen atoms in total. The molecule has 3 rings (SSSR count). The van der Waals surface area contributed by atoms with Crippen LogP contribution in [0.5, 0.6) is 17.2 Å². The number of hydrogen-bond acceptors (Lipinski definition) is 6. The monoisotopic (exact) mass is 458 g/mol. The second-order valence-electron chi connectivity index (χ2n) is 6.15. The molecule has 0 saturated carbocycles. The van der Waals surface area contributed by atoms with Gasteiger partial charge in [-0.25, -0.2) is 10.2 Å². The van der Waals surface area contributed by atoms with Crippen molar-refractivity contribution in [2.24, 2.45) is 5.10 Å². The number of hydrogen-bond donors (Lipinski definition) is 2. The zero-order chi connectivity index (χ0) is 22.4. The van der Waals surface area contributed by atoms with Gasteiger partial charge in [0.1, 0.15) is 0 Å². The summed E-state index contributed by atoms with van der Waals surface area (Å²) in [7, 11) is 1.44. The van der Waals surface area contributed by atoms with Crippen LogP contribution in [0, 0.1) is 0 Å². The third-order valence-corrected chi connectivity index (χ3v) is 4.63. The Morgan fingerprint density at radius 2 is 1.65 bits per heavy atom. The summed E-state index contributed by atoms with van der Waals surface area (Å²) in [5.41, 5.74) is 3.45. The van der Waals surface area contributed by atoms with Gasteiger partial charge in [-0.3, -0.25) is 4.79 Å². The van der Waals surface area contributed by atoms with Crippen LogP contribution in [0.3, 0.4) is 0 Å². The molecule has 3 aromatic carbocycles. The summed E-state index contributed by atoms with van der Waals surface area (Å²) in [6, 6.07) is 15.9. The fourth-order valence-corrected chi connectivity index (χ4v) is 3.00. The van der Waals surface area contributed by atoms with Crippen molar-refractivity contribution in [1.82, 2.24) is 5.43 Å². The highest BCUT2D eigenvalue weighted by Gasteiger charge is 2.13. The summed E-state index contributed by atoms with van der Waals surface area (Å²) in [4.78, 5) is 24.4. The molecule has 0 bridgehead atoms. The van der Waals surface area contributed by atoms with Crippen LogP contribution in [0.4, 0.5) is 0 Å². The predicted octanol–water partition coefficient (Wildman–Crippen LogP) is 4.69. The molecule has 0 atom stereocenters. The van der Waals surface area contributed by atoms with E-state index < -0.39 is 11.9 Å². The zero-order valence-electron chi connectivity index (χ0n) is 16.1. The van der Waals surface area contributed by atoms with E-state index in [0.29, 0.717) is 16.9 Å². The van der Waals surface area contributed by atoms with Gasteiger partial charge in [0.25, 0.3) is 5.91 Å². The molecular formula is C22H16Cl2N2O5. The van der Waals surface area contributed by atoms with Crippen molar-refractivity contribution in [3.63, 3.8) is 0 Å². The Balaban J connectivity index is 1.69. The summed E-state index contributed by atoms with van der Waals surface area (Å²) >= 11 is 11.6.